The number of hydrogen-bond donors (Lipinski definition) is 1. The van der Waals surface area contributed by atoms with E-state index in [-0.39, 0.29) is 17.2 Å². The summed E-state index contributed by atoms with van der Waals surface area (Å²) in [6, 6.07) is 0.00697. The number of alkyl halides is 2. The van der Waals surface area contributed by atoms with Gasteiger partial charge >= 0.3 is 0 Å². The Labute approximate surface area is 115 Å². The van der Waals surface area contributed by atoms with Crippen LogP contribution in [0.3, 0.4) is 0 Å². The van der Waals surface area contributed by atoms with Crippen LogP contribution in [-0.2, 0) is 3.23 Å². The number of carbonyl (C=O) groups is 1. The minimum Gasteiger partial charge on any atom is -0.365 e. The van der Waals surface area contributed by atoms with E-state index in [1.807, 2.05) is 6.92 Å². The Hall–Kier alpha value is -0.690. The molecule has 2 N–H and O–H groups in total. The second-order valence-electron chi connectivity index (χ2n) is 4.13. The molecular weight excluding hydrogens is 354 g/mol. The number of halogens is 2. The number of nitrogens with zero attached hydrogens (tertiary/aromatic N) is 2. The molecule has 1 aromatic rings. The topological polar surface area (TPSA) is 78.0 Å². The Balaban J connectivity index is 2.73. The van der Waals surface area contributed by atoms with Crippen molar-refractivity contribution in [1.82, 2.24) is 9.55 Å². The molecule has 0 radical (unpaired) electrons. The zero-order valence-corrected chi connectivity index (χ0v) is 12.3. The van der Waals surface area contributed by atoms with E-state index >= 15 is 0 Å². The van der Waals surface area contributed by atoms with Gasteiger partial charge in [0.1, 0.15) is 14.6 Å². The van der Waals surface area contributed by atoms with Gasteiger partial charge < -0.3 is 5.73 Å². The van der Waals surface area contributed by atoms with Crippen molar-refractivity contribution in [3.05, 3.63) is 27.9 Å². The minimum atomic E-state index is -0.745. The molecule has 0 bridgehead atoms. The molecule has 1 amide bonds. The summed E-state index contributed by atoms with van der Waals surface area (Å²) in [5, 5.41) is 0. The third-order valence-corrected chi connectivity index (χ3v) is 4.41. The fourth-order valence-electron chi connectivity index (χ4n) is 1.95. The van der Waals surface area contributed by atoms with Crippen LogP contribution in [0.15, 0.2) is 11.0 Å². The number of nitrogens with two attached hydrogens (primary N) is 1. The highest BCUT2D eigenvalue weighted by Crippen LogP contribution is 2.46. The molecule has 0 saturated carbocycles. The third kappa shape index (κ3) is 2.06. The molecule has 0 aliphatic carbocycles. The van der Waals surface area contributed by atoms with Gasteiger partial charge in [0, 0.05) is 12.2 Å². The lowest BCUT2D eigenvalue weighted by Gasteiger charge is -2.32. The van der Waals surface area contributed by atoms with E-state index in [2.05, 4.69) is 36.8 Å². The van der Waals surface area contributed by atoms with E-state index in [1.165, 1.54) is 10.8 Å². The Morgan fingerprint density at radius 3 is 2.88 bits per heavy atom. The third-order valence-electron chi connectivity index (χ3n) is 2.90. The van der Waals surface area contributed by atoms with Crippen LogP contribution in [0.1, 0.15) is 42.0 Å². The minimum absolute atomic E-state index is 0.00697. The van der Waals surface area contributed by atoms with Crippen LogP contribution < -0.4 is 11.3 Å². The highest BCUT2D eigenvalue weighted by atomic mass is 79.9. The van der Waals surface area contributed by atoms with Crippen molar-refractivity contribution in [3.8, 4) is 0 Å². The molecule has 1 aromatic heterocycles. The molecule has 92 valence electrons. The van der Waals surface area contributed by atoms with Crippen molar-refractivity contribution in [2.75, 3.05) is 0 Å². The van der Waals surface area contributed by atoms with Gasteiger partial charge in [-0.3, -0.25) is 14.2 Å². The molecule has 5 nitrogen and oxygen atoms in total. The first kappa shape index (κ1) is 12.8. The largest absolute Gasteiger partial charge is 0.365 e. The summed E-state index contributed by atoms with van der Waals surface area (Å²) in [6.45, 7) is 1.92. The first-order valence-electron chi connectivity index (χ1n) is 5.14. The molecule has 2 heterocycles. The molecule has 17 heavy (non-hydrogen) atoms. The second kappa shape index (κ2) is 4.20. The van der Waals surface area contributed by atoms with Crippen LogP contribution in [0.25, 0.3) is 0 Å². The predicted molar refractivity (Wildman–Crippen MR) is 70.5 cm³/mol. The molecule has 1 aliphatic rings. The molecule has 0 aromatic carbocycles. The van der Waals surface area contributed by atoms with Crippen molar-refractivity contribution in [2.24, 2.45) is 5.73 Å². The molecule has 1 unspecified atom stereocenters. The Bertz CT molecular complexity index is 539. The summed E-state index contributed by atoms with van der Waals surface area (Å²) in [7, 11) is 0. The van der Waals surface area contributed by atoms with Crippen LogP contribution in [0.4, 0.5) is 0 Å². The number of primary amides is 1. The standard InChI is InChI=1S/C10H11Br2N3O2/c1-5-2-3-10(11,12)9-14-4-6(7(13)16)8(17)15(5)9/h4-5H,2-3H2,1H3,(H2,13,16). The van der Waals surface area contributed by atoms with Gasteiger partial charge in [0.05, 0.1) is 0 Å². The number of carbonyl (C=O) groups excluding carboxylic acids is 1. The maximum absolute atomic E-state index is 12.1. The van der Waals surface area contributed by atoms with Gasteiger partial charge in [-0.25, -0.2) is 4.98 Å². The van der Waals surface area contributed by atoms with Gasteiger partial charge in [-0.15, -0.1) is 0 Å². The van der Waals surface area contributed by atoms with E-state index in [0.29, 0.717) is 5.82 Å². The first-order valence-corrected chi connectivity index (χ1v) is 6.73. The summed E-state index contributed by atoms with van der Waals surface area (Å²) >= 11 is 6.99. The number of hydrogen-bond acceptors (Lipinski definition) is 3. The van der Waals surface area contributed by atoms with E-state index < -0.39 is 9.14 Å². The monoisotopic (exact) mass is 363 g/mol. The highest BCUT2D eigenvalue weighted by molar-refractivity contribution is 9.24. The quantitative estimate of drug-likeness (QED) is 0.769. The Morgan fingerprint density at radius 1 is 1.65 bits per heavy atom. The smallest absolute Gasteiger partial charge is 0.266 e. The first-order chi connectivity index (χ1) is 7.84. The van der Waals surface area contributed by atoms with E-state index in [0.717, 1.165) is 12.8 Å². The molecule has 7 heteroatoms. The van der Waals surface area contributed by atoms with Crippen LogP contribution in [0.2, 0.25) is 0 Å². The number of aromatic nitrogens is 2. The fraction of sp³-hybridized carbons (Fsp3) is 0.500. The van der Waals surface area contributed by atoms with Crippen molar-refractivity contribution in [2.45, 2.75) is 29.0 Å². The lowest BCUT2D eigenvalue weighted by molar-refractivity contribution is 0.0997. The summed E-state index contributed by atoms with van der Waals surface area (Å²) in [4.78, 5) is 27.4. The van der Waals surface area contributed by atoms with E-state index in [4.69, 9.17) is 5.73 Å². The highest BCUT2D eigenvalue weighted by Gasteiger charge is 2.37. The van der Waals surface area contributed by atoms with Crippen LogP contribution >= 0.6 is 31.9 Å². The lowest BCUT2D eigenvalue weighted by atomic mass is 10.0. The SMILES string of the molecule is CC1CCC(Br)(Br)c2ncc(C(N)=O)c(=O)n21. The predicted octanol–water partition coefficient (Wildman–Crippen LogP) is 1.64. The van der Waals surface area contributed by atoms with Crippen LogP contribution in [0, 0.1) is 0 Å². The van der Waals surface area contributed by atoms with Gasteiger partial charge in [0.2, 0.25) is 0 Å². The van der Waals surface area contributed by atoms with Gasteiger partial charge in [-0.05, 0) is 19.8 Å². The average Bonchev–Trinajstić information content (AvgIpc) is 2.23. The van der Waals surface area contributed by atoms with Gasteiger partial charge in [0.15, 0.2) is 0 Å². The van der Waals surface area contributed by atoms with Crippen molar-refractivity contribution >= 4 is 37.8 Å². The molecule has 2 rings (SSSR count). The van der Waals surface area contributed by atoms with Crippen molar-refractivity contribution in [1.29, 1.82) is 0 Å². The normalized spacial score (nSPS) is 21.9. The van der Waals surface area contributed by atoms with E-state index in [1.54, 1.807) is 0 Å². The lowest BCUT2D eigenvalue weighted by Crippen LogP contribution is -2.39. The molecular formula is C10H11Br2N3O2. The Kier molecular flexibility index (Phi) is 3.15. The average molecular weight is 365 g/mol. The van der Waals surface area contributed by atoms with Gasteiger partial charge in [-0.1, -0.05) is 31.9 Å². The summed E-state index contributed by atoms with van der Waals surface area (Å²) in [5.41, 5.74) is 4.70. The molecule has 1 atom stereocenters. The zero-order valence-electron chi connectivity index (χ0n) is 9.11. The molecule has 1 aliphatic heterocycles. The van der Waals surface area contributed by atoms with E-state index in [9.17, 15) is 9.59 Å². The second-order valence-corrected chi connectivity index (χ2v) is 7.90. The summed E-state index contributed by atoms with van der Waals surface area (Å²) in [6.07, 6.45) is 2.87. The Morgan fingerprint density at radius 2 is 2.29 bits per heavy atom. The van der Waals surface area contributed by atoms with Crippen molar-refractivity contribution in [3.63, 3.8) is 0 Å². The fourth-order valence-corrected chi connectivity index (χ4v) is 2.99. The molecule has 0 fully saturated rings. The maximum atomic E-state index is 12.1. The summed E-state index contributed by atoms with van der Waals surface area (Å²) < 4.78 is 1.01. The molecule has 0 saturated heterocycles. The number of rotatable bonds is 1. The van der Waals surface area contributed by atoms with Crippen molar-refractivity contribution < 1.29 is 4.79 Å². The number of fused-ring (bicyclic) bond motifs is 1. The number of amides is 1. The van der Waals surface area contributed by atoms with Gasteiger partial charge in [0.25, 0.3) is 11.5 Å². The molecule has 0 spiro atoms. The maximum Gasteiger partial charge on any atom is 0.266 e. The van der Waals surface area contributed by atoms with Crippen LogP contribution in [-0.4, -0.2) is 15.5 Å². The van der Waals surface area contributed by atoms with Crippen LogP contribution in [0.5, 0.6) is 0 Å². The van der Waals surface area contributed by atoms with Gasteiger partial charge in [-0.2, -0.15) is 0 Å². The summed E-state index contributed by atoms with van der Waals surface area (Å²) in [5.74, 6) is -0.170. The zero-order chi connectivity index (χ0) is 12.8.